The molecule has 0 bridgehead atoms. The van der Waals surface area contributed by atoms with E-state index in [0.717, 1.165) is 33.2 Å². The number of hydrogen-bond donors (Lipinski definition) is 1. The fourth-order valence-electron chi connectivity index (χ4n) is 3.14. The van der Waals surface area contributed by atoms with Crippen LogP contribution in [0.25, 0.3) is 10.8 Å². The molecule has 0 aliphatic rings. The quantitative estimate of drug-likeness (QED) is 0.462. The number of carbonyl (C=O) groups excluding carboxylic acids is 1. The monoisotopic (exact) mass is 374 g/mol. The summed E-state index contributed by atoms with van der Waals surface area (Å²) in [7, 11) is 0. The SMILES string of the molecule is CCOc1cc(C)c(/C=N\NC(=O)c2ccc3ccccc3c2)cc1C(C)C. The molecular weight excluding hydrogens is 348 g/mol. The first-order chi connectivity index (χ1) is 13.5. The van der Waals surface area contributed by atoms with Crippen LogP contribution in [0, 0.1) is 6.92 Å². The molecule has 0 aliphatic carbocycles. The molecule has 0 radical (unpaired) electrons. The lowest BCUT2D eigenvalue weighted by molar-refractivity contribution is 0.0955. The van der Waals surface area contributed by atoms with E-state index in [1.807, 2.05) is 62.4 Å². The molecule has 144 valence electrons. The van der Waals surface area contributed by atoms with Crippen LogP contribution in [0.5, 0.6) is 5.75 Å². The first-order valence-corrected chi connectivity index (χ1v) is 9.59. The van der Waals surface area contributed by atoms with Gasteiger partial charge in [0.1, 0.15) is 5.75 Å². The number of hydrogen-bond acceptors (Lipinski definition) is 3. The van der Waals surface area contributed by atoms with E-state index < -0.39 is 0 Å². The summed E-state index contributed by atoms with van der Waals surface area (Å²) >= 11 is 0. The van der Waals surface area contributed by atoms with Crippen molar-refractivity contribution in [3.8, 4) is 5.75 Å². The normalized spacial score (nSPS) is 11.3. The second-order valence-corrected chi connectivity index (χ2v) is 7.10. The molecule has 28 heavy (non-hydrogen) atoms. The molecule has 0 aliphatic heterocycles. The summed E-state index contributed by atoms with van der Waals surface area (Å²) < 4.78 is 5.76. The van der Waals surface area contributed by atoms with Gasteiger partial charge in [-0.15, -0.1) is 0 Å². The topological polar surface area (TPSA) is 50.7 Å². The average molecular weight is 374 g/mol. The van der Waals surface area contributed by atoms with E-state index in [4.69, 9.17) is 4.74 Å². The van der Waals surface area contributed by atoms with Crippen molar-refractivity contribution in [2.24, 2.45) is 5.10 Å². The van der Waals surface area contributed by atoms with Gasteiger partial charge in [0, 0.05) is 5.56 Å². The summed E-state index contributed by atoms with van der Waals surface area (Å²) in [6.07, 6.45) is 1.69. The number of carbonyl (C=O) groups is 1. The fourth-order valence-corrected chi connectivity index (χ4v) is 3.14. The van der Waals surface area contributed by atoms with Crippen molar-refractivity contribution < 1.29 is 9.53 Å². The minimum atomic E-state index is -0.227. The Morgan fingerprint density at radius 2 is 1.86 bits per heavy atom. The number of ether oxygens (including phenoxy) is 1. The molecule has 1 N–H and O–H groups in total. The summed E-state index contributed by atoms with van der Waals surface area (Å²) in [4.78, 5) is 12.4. The van der Waals surface area contributed by atoms with Gasteiger partial charge in [0.25, 0.3) is 5.91 Å². The number of amides is 1. The third-order valence-electron chi connectivity index (χ3n) is 4.70. The largest absolute Gasteiger partial charge is 0.494 e. The summed E-state index contributed by atoms with van der Waals surface area (Å²) in [6.45, 7) is 8.90. The Morgan fingerprint density at radius 1 is 1.11 bits per heavy atom. The zero-order chi connectivity index (χ0) is 20.1. The smallest absolute Gasteiger partial charge is 0.271 e. The van der Waals surface area contributed by atoms with Gasteiger partial charge in [0.15, 0.2) is 0 Å². The van der Waals surface area contributed by atoms with E-state index in [-0.39, 0.29) is 5.91 Å². The number of nitrogens with one attached hydrogen (secondary N) is 1. The van der Waals surface area contributed by atoms with Crippen molar-refractivity contribution in [3.63, 3.8) is 0 Å². The average Bonchev–Trinajstić information content (AvgIpc) is 2.69. The molecule has 0 heterocycles. The molecule has 3 rings (SSSR count). The second kappa shape index (κ2) is 8.70. The van der Waals surface area contributed by atoms with Gasteiger partial charge in [-0.2, -0.15) is 5.10 Å². The minimum Gasteiger partial charge on any atom is -0.494 e. The van der Waals surface area contributed by atoms with Crippen LogP contribution in [-0.2, 0) is 0 Å². The van der Waals surface area contributed by atoms with Crippen LogP contribution in [0.4, 0.5) is 0 Å². The first-order valence-electron chi connectivity index (χ1n) is 9.59. The molecule has 0 unspecified atom stereocenters. The third-order valence-corrected chi connectivity index (χ3v) is 4.70. The lowest BCUT2D eigenvalue weighted by atomic mass is 9.97. The molecule has 0 aromatic heterocycles. The lowest BCUT2D eigenvalue weighted by Crippen LogP contribution is -2.17. The summed E-state index contributed by atoms with van der Waals surface area (Å²) in [5, 5.41) is 6.31. The highest BCUT2D eigenvalue weighted by Crippen LogP contribution is 2.29. The Morgan fingerprint density at radius 3 is 2.57 bits per heavy atom. The van der Waals surface area contributed by atoms with E-state index in [1.165, 1.54) is 0 Å². The summed E-state index contributed by atoms with van der Waals surface area (Å²) in [5.41, 5.74) is 6.36. The molecule has 0 atom stereocenters. The van der Waals surface area contributed by atoms with Crippen molar-refractivity contribution in [2.75, 3.05) is 6.61 Å². The fraction of sp³-hybridized carbons (Fsp3) is 0.250. The van der Waals surface area contributed by atoms with Crippen molar-refractivity contribution in [3.05, 3.63) is 76.9 Å². The molecule has 4 heteroatoms. The maximum absolute atomic E-state index is 12.4. The Hall–Kier alpha value is -3.14. The van der Waals surface area contributed by atoms with Gasteiger partial charge in [-0.05, 0) is 71.5 Å². The van der Waals surface area contributed by atoms with E-state index in [9.17, 15) is 4.79 Å². The van der Waals surface area contributed by atoms with Gasteiger partial charge in [0.2, 0.25) is 0 Å². The van der Waals surface area contributed by atoms with Crippen LogP contribution < -0.4 is 10.2 Å². The molecule has 3 aromatic carbocycles. The first kappa shape index (κ1) is 19.6. The number of benzene rings is 3. The van der Waals surface area contributed by atoms with Gasteiger partial charge in [0.05, 0.1) is 12.8 Å². The van der Waals surface area contributed by atoms with Crippen LogP contribution in [0.15, 0.2) is 59.7 Å². The number of fused-ring (bicyclic) bond motifs is 1. The van der Waals surface area contributed by atoms with Crippen LogP contribution in [0.2, 0.25) is 0 Å². The van der Waals surface area contributed by atoms with Crippen LogP contribution >= 0.6 is 0 Å². The Kier molecular flexibility index (Phi) is 6.09. The number of aryl methyl sites for hydroxylation is 1. The van der Waals surface area contributed by atoms with Gasteiger partial charge < -0.3 is 4.74 Å². The van der Waals surface area contributed by atoms with Crippen molar-refractivity contribution in [2.45, 2.75) is 33.6 Å². The minimum absolute atomic E-state index is 0.227. The highest BCUT2D eigenvalue weighted by Gasteiger charge is 2.11. The standard InChI is InChI=1S/C24H26N2O2/c1-5-28-23-12-17(4)21(14-22(23)16(2)3)15-25-26-24(27)20-11-10-18-8-6-7-9-19(18)13-20/h6-16H,5H2,1-4H3,(H,26,27)/b25-15-. The molecule has 3 aromatic rings. The van der Waals surface area contributed by atoms with Gasteiger partial charge in [-0.3, -0.25) is 4.79 Å². The molecule has 4 nitrogen and oxygen atoms in total. The zero-order valence-corrected chi connectivity index (χ0v) is 16.8. The lowest BCUT2D eigenvalue weighted by Gasteiger charge is -2.15. The third kappa shape index (κ3) is 4.39. The van der Waals surface area contributed by atoms with Gasteiger partial charge in [-0.1, -0.05) is 44.2 Å². The van der Waals surface area contributed by atoms with Crippen molar-refractivity contribution >= 4 is 22.9 Å². The Labute approximate surface area is 166 Å². The van der Waals surface area contributed by atoms with Crippen LogP contribution in [0.1, 0.15) is 53.7 Å². The summed E-state index contributed by atoms with van der Waals surface area (Å²) in [6, 6.07) is 17.7. The van der Waals surface area contributed by atoms with E-state index in [0.29, 0.717) is 18.1 Å². The van der Waals surface area contributed by atoms with Gasteiger partial charge in [-0.25, -0.2) is 5.43 Å². The Balaban J connectivity index is 1.77. The van der Waals surface area contributed by atoms with Crippen molar-refractivity contribution in [1.82, 2.24) is 5.43 Å². The molecule has 1 amide bonds. The van der Waals surface area contributed by atoms with Gasteiger partial charge >= 0.3 is 0 Å². The Bertz CT molecular complexity index is 1020. The molecule has 0 saturated heterocycles. The molecule has 0 fully saturated rings. The maximum atomic E-state index is 12.4. The van der Waals surface area contributed by atoms with Crippen LogP contribution in [-0.4, -0.2) is 18.7 Å². The number of nitrogens with zero attached hydrogens (tertiary/aromatic N) is 1. The zero-order valence-electron chi connectivity index (χ0n) is 16.8. The predicted octanol–water partition coefficient (Wildman–Crippen LogP) is 5.43. The highest BCUT2D eigenvalue weighted by molar-refractivity contribution is 5.99. The molecule has 0 spiro atoms. The summed E-state index contributed by atoms with van der Waals surface area (Å²) in [5.74, 6) is 1.02. The predicted molar refractivity (Wildman–Crippen MR) is 115 cm³/mol. The number of hydrazone groups is 1. The number of rotatable bonds is 6. The van der Waals surface area contributed by atoms with E-state index >= 15 is 0 Å². The molecular formula is C24H26N2O2. The second-order valence-electron chi connectivity index (χ2n) is 7.10. The van der Waals surface area contributed by atoms with Crippen LogP contribution in [0.3, 0.4) is 0 Å². The van der Waals surface area contributed by atoms with E-state index in [2.05, 4.69) is 30.4 Å². The highest BCUT2D eigenvalue weighted by atomic mass is 16.5. The van der Waals surface area contributed by atoms with E-state index in [1.54, 1.807) is 6.21 Å². The maximum Gasteiger partial charge on any atom is 0.271 e. The molecule has 0 saturated carbocycles. The van der Waals surface area contributed by atoms with Crippen molar-refractivity contribution in [1.29, 1.82) is 0 Å².